The summed E-state index contributed by atoms with van der Waals surface area (Å²) in [4.78, 5) is 4.09. The maximum Gasteiger partial charge on any atom is 0.416 e. The Bertz CT molecular complexity index is 543. The van der Waals surface area contributed by atoms with Crippen LogP contribution in [0.2, 0.25) is 0 Å². The van der Waals surface area contributed by atoms with Crippen LogP contribution in [0, 0.1) is 0 Å². The van der Waals surface area contributed by atoms with E-state index in [1.54, 1.807) is 12.3 Å². The summed E-state index contributed by atoms with van der Waals surface area (Å²) in [5.74, 6) is 0.336. The molecule has 0 fully saturated rings. The van der Waals surface area contributed by atoms with Gasteiger partial charge in [-0.1, -0.05) is 18.2 Å². The monoisotopic (exact) mass is 299 g/mol. The first-order chi connectivity index (χ1) is 9.47. The van der Waals surface area contributed by atoms with Gasteiger partial charge in [-0.2, -0.15) is 13.2 Å². The second kappa shape index (κ2) is 6.28. The number of benzene rings is 1. The Labute approximate surface area is 118 Å². The van der Waals surface area contributed by atoms with Crippen molar-refractivity contribution >= 4 is 11.8 Å². The van der Waals surface area contributed by atoms with Gasteiger partial charge in [0, 0.05) is 11.9 Å². The fourth-order valence-electron chi connectivity index (χ4n) is 1.59. The van der Waals surface area contributed by atoms with E-state index in [4.69, 9.17) is 0 Å². The second-order valence-electron chi connectivity index (χ2n) is 4.11. The quantitative estimate of drug-likeness (QED) is 0.868. The lowest BCUT2D eigenvalue weighted by molar-refractivity contribution is -0.137. The number of aliphatic hydroxyl groups excluding tert-OH is 1. The van der Waals surface area contributed by atoms with E-state index in [1.807, 2.05) is 12.1 Å². The van der Waals surface area contributed by atoms with Crippen molar-refractivity contribution in [1.82, 2.24) is 4.98 Å². The van der Waals surface area contributed by atoms with Crippen molar-refractivity contribution in [2.75, 3.05) is 5.75 Å². The van der Waals surface area contributed by atoms with Gasteiger partial charge in [-0.3, -0.25) is 0 Å². The molecule has 0 saturated carbocycles. The van der Waals surface area contributed by atoms with Gasteiger partial charge in [-0.05, 0) is 29.8 Å². The van der Waals surface area contributed by atoms with Crippen LogP contribution in [0.4, 0.5) is 13.2 Å². The topological polar surface area (TPSA) is 33.1 Å². The lowest BCUT2D eigenvalue weighted by Crippen LogP contribution is -2.06. The lowest BCUT2D eigenvalue weighted by Gasteiger charge is -2.12. The molecule has 0 spiro atoms. The van der Waals surface area contributed by atoms with E-state index in [0.29, 0.717) is 11.3 Å². The van der Waals surface area contributed by atoms with Crippen molar-refractivity contribution in [3.05, 3.63) is 59.8 Å². The fraction of sp³-hybridized carbons (Fsp3) is 0.214. The molecule has 1 unspecified atom stereocenters. The highest BCUT2D eigenvalue weighted by atomic mass is 32.2. The molecule has 2 rings (SSSR count). The number of aromatic nitrogens is 1. The Balaban J connectivity index is 1.97. The number of thioether (sulfide) groups is 1. The molecule has 20 heavy (non-hydrogen) atoms. The maximum atomic E-state index is 12.4. The van der Waals surface area contributed by atoms with Crippen LogP contribution in [0.5, 0.6) is 0 Å². The molecule has 6 heteroatoms. The molecular weight excluding hydrogens is 287 g/mol. The minimum absolute atomic E-state index is 0.336. The first kappa shape index (κ1) is 14.9. The van der Waals surface area contributed by atoms with Crippen molar-refractivity contribution in [2.24, 2.45) is 0 Å². The number of hydrogen-bond donors (Lipinski definition) is 1. The zero-order valence-electron chi connectivity index (χ0n) is 10.3. The zero-order valence-corrected chi connectivity index (χ0v) is 11.2. The first-order valence-electron chi connectivity index (χ1n) is 5.86. The number of hydrogen-bond acceptors (Lipinski definition) is 3. The van der Waals surface area contributed by atoms with Crippen molar-refractivity contribution in [3.63, 3.8) is 0 Å². The van der Waals surface area contributed by atoms with E-state index < -0.39 is 17.8 Å². The summed E-state index contributed by atoms with van der Waals surface area (Å²) < 4.78 is 37.2. The number of nitrogens with zero attached hydrogens (tertiary/aromatic N) is 1. The van der Waals surface area contributed by atoms with Gasteiger partial charge in [0.2, 0.25) is 0 Å². The average Bonchev–Trinajstić information content (AvgIpc) is 2.45. The molecule has 0 amide bonds. The Morgan fingerprint density at radius 3 is 2.35 bits per heavy atom. The van der Waals surface area contributed by atoms with E-state index in [9.17, 15) is 18.3 Å². The standard InChI is InChI=1S/C14H12F3NOS/c15-14(16,17)11-6-4-10(5-7-11)12(19)9-20-13-3-1-2-8-18-13/h1-8,12,19H,9H2. The van der Waals surface area contributed by atoms with Crippen molar-refractivity contribution < 1.29 is 18.3 Å². The Morgan fingerprint density at radius 1 is 1.10 bits per heavy atom. The maximum absolute atomic E-state index is 12.4. The molecule has 2 nitrogen and oxygen atoms in total. The second-order valence-corrected chi connectivity index (χ2v) is 5.15. The predicted molar refractivity (Wildman–Crippen MR) is 71.4 cm³/mol. The number of rotatable bonds is 4. The van der Waals surface area contributed by atoms with Gasteiger partial charge in [-0.25, -0.2) is 4.98 Å². The smallest absolute Gasteiger partial charge is 0.388 e. The van der Waals surface area contributed by atoms with E-state index in [2.05, 4.69) is 4.98 Å². The summed E-state index contributed by atoms with van der Waals surface area (Å²) in [6.07, 6.45) is -3.54. The van der Waals surface area contributed by atoms with Crippen LogP contribution in [0.15, 0.2) is 53.7 Å². The van der Waals surface area contributed by atoms with Gasteiger partial charge in [0.25, 0.3) is 0 Å². The Morgan fingerprint density at radius 2 is 1.80 bits per heavy atom. The molecule has 1 atom stereocenters. The lowest BCUT2D eigenvalue weighted by atomic mass is 10.1. The van der Waals surface area contributed by atoms with E-state index in [0.717, 1.165) is 17.2 Å². The van der Waals surface area contributed by atoms with Crippen LogP contribution in [-0.2, 0) is 6.18 Å². The summed E-state index contributed by atoms with van der Waals surface area (Å²) in [6, 6.07) is 9.98. The SMILES string of the molecule is OC(CSc1ccccn1)c1ccc(C(F)(F)F)cc1. The third-order valence-electron chi connectivity index (χ3n) is 2.65. The van der Waals surface area contributed by atoms with Crippen LogP contribution < -0.4 is 0 Å². The summed E-state index contributed by atoms with van der Waals surface area (Å²) in [7, 11) is 0. The predicted octanol–water partition coefficient (Wildman–Crippen LogP) is 3.93. The summed E-state index contributed by atoms with van der Waals surface area (Å²) in [6.45, 7) is 0. The summed E-state index contributed by atoms with van der Waals surface area (Å²) in [5.41, 5.74) is -0.257. The van der Waals surface area contributed by atoms with Gasteiger partial charge in [0.1, 0.15) is 0 Å². The first-order valence-corrected chi connectivity index (χ1v) is 6.84. The minimum Gasteiger partial charge on any atom is -0.388 e. The molecule has 0 saturated heterocycles. The number of halogens is 3. The fourth-order valence-corrected chi connectivity index (χ4v) is 2.42. The molecule has 1 aromatic carbocycles. The molecular formula is C14H12F3NOS. The Hall–Kier alpha value is -1.53. The van der Waals surface area contributed by atoms with Crippen LogP contribution in [0.3, 0.4) is 0 Å². The third-order valence-corrected chi connectivity index (χ3v) is 3.67. The average molecular weight is 299 g/mol. The molecule has 0 aliphatic rings. The molecule has 0 aliphatic heterocycles. The largest absolute Gasteiger partial charge is 0.416 e. The molecule has 1 N–H and O–H groups in total. The van der Waals surface area contributed by atoms with Gasteiger partial charge < -0.3 is 5.11 Å². The highest BCUT2D eigenvalue weighted by molar-refractivity contribution is 7.99. The zero-order chi connectivity index (χ0) is 14.6. The van der Waals surface area contributed by atoms with Crippen molar-refractivity contribution in [3.8, 4) is 0 Å². The van der Waals surface area contributed by atoms with Crippen LogP contribution in [-0.4, -0.2) is 15.8 Å². The number of pyridine rings is 1. The van der Waals surface area contributed by atoms with Crippen molar-refractivity contribution in [1.29, 1.82) is 0 Å². The number of alkyl halides is 3. The third kappa shape index (κ3) is 3.98. The van der Waals surface area contributed by atoms with E-state index in [1.165, 1.54) is 23.9 Å². The van der Waals surface area contributed by atoms with Crippen LogP contribution in [0.25, 0.3) is 0 Å². The van der Waals surface area contributed by atoms with Gasteiger partial charge in [0.15, 0.2) is 0 Å². The van der Waals surface area contributed by atoms with Gasteiger partial charge in [0.05, 0.1) is 16.7 Å². The molecule has 106 valence electrons. The Kier molecular flexibility index (Phi) is 4.67. The van der Waals surface area contributed by atoms with Gasteiger partial charge >= 0.3 is 6.18 Å². The van der Waals surface area contributed by atoms with Crippen LogP contribution >= 0.6 is 11.8 Å². The molecule has 0 radical (unpaired) electrons. The number of aliphatic hydroxyl groups is 1. The highest BCUT2D eigenvalue weighted by Crippen LogP contribution is 2.30. The molecule has 2 aromatic rings. The molecule has 0 bridgehead atoms. The normalized spacial score (nSPS) is 13.2. The summed E-state index contributed by atoms with van der Waals surface area (Å²) in [5, 5.41) is 10.7. The molecule has 0 aliphatic carbocycles. The van der Waals surface area contributed by atoms with E-state index >= 15 is 0 Å². The molecule has 1 heterocycles. The van der Waals surface area contributed by atoms with Gasteiger partial charge in [-0.15, -0.1) is 11.8 Å². The summed E-state index contributed by atoms with van der Waals surface area (Å²) >= 11 is 1.35. The van der Waals surface area contributed by atoms with Crippen LogP contribution in [0.1, 0.15) is 17.2 Å². The highest BCUT2D eigenvalue weighted by Gasteiger charge is 2.30. The minimum atomic E-state index is -4.35. The van der Waals surface area contributed by atoms with Crippen molar-refractivity contribution in [2.45, 2.75) is 17.3 Å². The van der Waals surface area contributed by atoms with E-state index in [-0.39, 0.29) is 0 Å². The molecule has 1 aromatic heterocycles.